The summed E-state index contributed by atoms with van der Waals surface area (Å²) in [7, 11) is 2.87. The standard InChI is InChI=1S/C20H22N2O5/c1-26-12-6-11-21-19(24)16-9-3-4-10-17(16)22-18(23)14-7-5-8-15(13-14)20(25)27-2/h3-5,7-10,13H,6,11-12H2,1-2H3,(H,21,24)(H,22,23). The lowest BCUT2D eigenvalue weighted by Crippen LogP contribution is -2.26. The van der Waals surface area contributed by atoms with E-state index >= 15 is 0 Å². The lowest BCUT2D eigenvalue weighted by Gasteiger charge is -2.12. The molecule has 27 heavy (non-hydrogen) atoms. The fraction of sp³-hybridized carbons (Fsp3) is 0.250. The fourth-order valence-corrected chi connectivity index (χ4v) is 2.40. The van der Waals surface area contributed by atoms with E-state index in [-0.39, 0.29) is 17.0 Å². The number of ether oxygens (including phenoxy) is 2. The molecule has 0 radical (unpaired) electrons. The molecule has 2 amide bonds. The van der Waals surface area contributed by atoms with Crippen LogP contribution in [0.3, 0.4) is 0 Å². The van der Waals surface area contributed by atoms with Crippen molar-refractivity contribution in [1.29, 1.82) is 0 Å². The van der Waals surface area contributed by atoms with Crippen molar-refractivity contribution in [3.8, 4) is 0 Å². The van der Waals surface area contributed by atoms with Gasteiger partial charge in [0, 0.05) is 25.8 Å². The third-order valence-corrected chi connectivity index (χ3v) is 3.78. The molecule has 0 aliphatic rings. The Kier molecular flexibility index (Phi) is 7.51. The molecule has 7 heteroatoms. The first-order valence-electron chi connectivity index (χ1n) is 8.42. The number of carbonyl (C=O) groups is 3. The molecule has 2 rings (SSSR count). The van der Waals surface area contributed by atoms with Gasteiger partial charge >= 0.3 is 5.97 Å². The molecule has 2 aromatic rings. The number of carbonyl (C=O) groups excluding carboxylic acids is 3. The van der Waals surface area contributed by atoms with Crippen molar-refractivity contribution in [2.24, 2.45) is 0 Å². The SMILES string of the molecule is COCCCNC(=O)c1ccccc1NC(=O)c1cccc(C(=O)OC)c1. The first kappa shape index (κ1) is 20.1. The van der Waals surface area contributed by atoms with Gasteiger partial charge in [0.15, 0.2) is 0 Å². The zero-order chi connectivity index (χ0) is 19.6. The number of para-hydroxylation sites is 1. The highest BCUT2D eigenvalue weighted by Gasteiger charge is 2.15. The minimum Gasteiger partial charge on any atom is -0.465 e. The monoisotopic (exact) mass is 370 g/mol. The first-order valence-corrected chi connectivity index (χ1v) is 8.42. The van der Waals surface area contributed by atoms with Crippen molar-refractivity contribution in [3.05, 3.63) is 65.2 Å². The normalized spacial score (nSPS) is 10.1. The summed E-state index contributed by atoms with van der Waals surface area (Å²) in [5, 5.41) is 5.50. The Morgan fingerprint density at radius 3 is 2.41 bits per heavy atom. The summed E-state index contributed by atoms with van der Waals surface area (Å²) in [5.74, 6) is -1.24. The van der Waals surface area contributed by atoms with Gasteiger partial charge in [-0.3, -0.25) is 9.59 Å². The summed E-state index contributed by atoms with van der Waals surface area (Å²) in [6.07, 6.45) is 0.692. The van der Waals surface area contributed by atoms with Crippen LogP contribution in [0.15, 0.2) is 48.5 Å². The van der Waals surface area contributed by atoms with Crippen LogP contribution in [0.1, 0.15) is 37.5 Å². The number of hydrogen-bond acceptors (Lipinski definition) is 5. The van der Waals surface area contributed by atoms with Crippen LogP contribution in [0.25, 0.3) is 0 Å². The van der Waals surface area contributed by atoms with Crippen LogP contribution in [0.5, 0.6) is 0 Å². The molecule has 0 aliphatic heterocycles. The number of esters is 1. The second-order valence-corrected chi connectivity index (χ2v) is 5.67. The average Bonchev–Trinajstić information content (AvgIpc) is 2.71. The highest BCUT2D eigenvalue weighted by atomic mass is 16.5. The van der Waals surface area contributed by atoms with E-state index in [9.17, 15) is 14.4 Å². The predicted molar refractivity (Wildman–Crippen MR) is 101 cm³/mol. The minimum atomic E-state index is -0.527. The van der Waals surface area contributed by atoms with Crippen LogP contribution in [-0.2, 0) is 9.47 Å². The molecule has 0 aromatic heterocycles. The predicted octanol–water partition coefficient (Wildman–Crippen LogP) is 2.49. The van der Waals surface area contributed by atoms with Crippen molar-refractivity contribution in [3.63, 3.8) is 0 Å². The van der Waals surface area contributed by atoms with Crippen LogP contribution in [0.4, 0.5) is 5.69 Å². The van der Waals surface area contributed by atoms with Crippen molar-refractivity contribution in [2.45, 2.75) is 6.42 Å². The van der Waals surface area contributed by atoms with Gasteiger partial charge in [-0.15, -0.1) is 0 Å². The average molecular weight is 370 g/mol. The smallest absolute Gasteiger partial charge is 0.337 e. The lowest BCUT2D eigenvalue weighted by molar-refractivity contribution is 0.0600. The van der Waals surface area contributed by atoms with Gasteiger partial charge in [0.25, 0.3) is 11.8 Å². The number of anilines is 1. The molecule has 0 heterocycles. The Hall–Kier alpha value is -3.19. The number of benzene rings is 2. The molecule has 0 aliphatic carbocycles. The molecule has 142 valence electrons. The highest BCUT2D eigenvalue weighted by Crippen LogP contribution is 2.17. The molecule has 0 bridgehead atoms. The Labute approximate surface area is 157 Å². The lowest BCUT2D eigenvalue weighted by atomic mass is 10.1. The molecule has 7 nitrogen and oxygen atoms in total. The zero-order valence-corrected chi connectivity index (χ0v) is 15.3. The van der Waals surface area contributed by atoms with Gasteiger partial charge in [-0.05, 0) is 36.8 Å². The van der Waals surface area contributed by atoms with Gasteiger partial charge in [0.2, 0.25) is 0 Å². The van der Waals surface area contributed by atoms with Crippen LogP contribution in [0, 0.1) is 0 Å². The molecule has 0 spiro atoms. The van der Waals surface area contributed by atoms with E-state index in [0.29, 0.717) is 30.8 Å². The number of rotatable bonds is 8. The first-order chi connectivity index (χ1) is 13.1. The van der Waals surface area contributed by atoms with Crippen LogP contribution < -0.4 is 10.6 Å². The van der Waals surface area contributed by atoms with E-state index in [1.165, 1.54) is 13.2 Å². The minimum absolute atomic E-state index is 0.273. The van der Waals surface area contributed by atoms with Gasteiger partial charge in [-0.25, -0.2) is 4.79 Å². The van der Waals surface area contributed by atoms with Crippen molar-refractivity contribution in [2.75, 3.05) is 32.7 Å². The summed E-state index contributed by atoms with van der Waals surface area (Å²) < 4.78 is 9.61. The molecule has 0 atom stereocenters. The van der Waals surface area contributed by atoms with Crippen LogP contribution >= 0.6 is 0 Å². The summed E-state index contributed by atoms with van der Waals surface area (Å²) in [6, 6.07) is 12.9. The fourth-order valence-electron chi connectivity index (χ4n) is 2.40. The van der Waals surface area contributed by atoms with E-state index < -0.39 is 11.9 Å². The van der Waals surface area contributed by atoms with Crippen molar-refractivity contribution in [1.82, 2.24) is 5.32 Å². The second kappa shape index (κ2) is 10.1. The largest absolute Gasteiger partial charge is 0.465 e. The molecular formula is C20H22N2O5. The van der Waals surface area contributed by atoms with E-state index in [1.807, 2.05) is 0 Å². The molecule has 0 saturated carbocycles. The maximum atomic E-state index is 12.5. The van der Waals surface area contributed by atoms with Crippen LogP contribution in [0.2, 0.25) is 0 Å². The quantitative estimate of drug-likeness (QED) is 0.550. The molecule has 0 fully saturated rings. The van der Waals surface area contributed by atoms with Crippen molar-refractivity contribution >= 4 is 23.5 Å². The van der Waals surface area contributed by atoms with E-state index in [1.54, 1.807) is 49.6 Å². The molecular weight excluding hydrogens is 348 g/mol. The second-order valence-electron chi connectivity index (χ2n) is 5.67. The third-order valence-electron chi connectivity index (χ3n) is 3.78. The molecule has 0 unspecified atom stereocenters. The summed E-state index contributed by atoms with van der Waals surface area (Å²) in [5.41, 5.74) is 1.30. The Balaban J connectivity index is 2.12. The Morgan fingerprint density at radius 1 is 0.926 bits per heavy atom. The summed E-state index contributed by atoms with van der Waals surface area (Å²) in [6.45, 7) is 1.02. The van der Waals surface area contributed by atoms with Gasteiger partial charge < -0.3 is 20.1 Å². The maximum absolute atomic E-state index is 12.5. The zero-order valence-electron chi connectivity index (χ0n) is 15.3. The Bertz CT molecular complexity index is 820. The third kappa shape index (κ3) is 5.65. The van der Waals surface area contributed by atoms with E-state index in [4.69, 9.17) is 4.74 Å². The van der Waals surface area contributed by atoms with Gasteiger partial charge in [0.05, 0.1) is 23.9 Å². The molecule has 2 aromatic carbocycles. The maximum Gasteiger partial charge on any atom is 0.337 e. The number of hydrogen-bond donors (Lipinski definition) is 2. The van der Waals surface area contributed by atoms with E-state index in [0.717, 1.165) is 0 Å². The van der Waals surface area contributed by atoms with Crippen molar-refractivity contribution < 1.29 is 23.9 Å². The van der Waals surface area contributed by atoms with Gasteiger partial charge in [-0.1, -0.05) is 18.2 Å². The number of methoxy groups -OCH3 is 2. The number of amides is 2. The highest BCUT2D eigenvalue weighted by molar-refractivity contribution is 6.09. The topological polar surface area (TPSA) is 93.7 Å². The van der Waals surface area contributed by atoms with Gasteiger partial charge in [0.1, 0.15) is 0 Å². The molecule has 2 N–H and O–H groups in total. The summed E-state index contributed by atoms with van der Waals surface area (Å²) >= 11 is 0. The number of nitrogens with one attached hydrogen (secondary N) is 2. The Morgan fingerprint density at radius 2 is 1.67 bits per heavy atom. The summed E-state index contributed by atoms with van der Waals surface area (Å²) in [4.78, 5) is 36.5. The molecule has 0 saturated heterocycles. The van der Waals surface area contributed by atoms with Gasteiger partial charge in [-0.2, -0.15) is 0 Å². The van der Waals surface area contributed by atoms with Crippen LogP contribution in [-0.4, -0.2) is 45.2 Å². The van der Waals surface area contributed by atoms with E-state index in [2.05, 4.69) is 15.4 Å².